The molecule has 1 aliphatic carbocycles. The Morgan fingerprint density at radius 3 is 2.48 bits per heavy atom. The van der Waals surface area contributed by atoms with Crippen LogP contribution < -0.4 is 9.62 Å². The van der Waals surface area contributed by atoms with Crippen molar-refractivity contribution in [3.8, 4) is 0 Å². The largest absolute Gasteiger partial charge is 0.312 e. The molecule has 1 aliphatic heterocycles. The number of carbonyl (C=O) groups is 1. The zero-order valence-corrected chi connectivity index (χ0v) is 17.8. The van der Waals surface area contributed by atoms with Crippen molar-refractivity contribution >= 4 is 27.3 Å². The molecule has 1 N–H and O–H groups in total. The maximum absolute atomic E-state index is 12.7. The van der Waals surface area contributed by atoms with E-state index in [1.54, 1.807) is 6.07 Å². The van der Waals surface area contributed by atoms with E-state index in [4.69, 9.17) is 0 Å². The lowest BCUT2D eigenvalue weighted by molar-refractivity contribution is -0.119. The van der Waals surface area contributed by atoms with Gasteiger partial charge in [-0.15, -0.1) is 0 Å². The number of sulfonamides is 1. The Hall–Kier alpha value is -2.34. The summed E-state index contributed by atoms with van der Waals surface area (Å²) in [6.45, 7) is 4.74. The lowest BCUT2D eigenvalue weighted by Gasteiger charge is -2.33. The lowest BCUT2D eigenvalue weighted by atomic mass is 9.90. The van der Waals surface area contributed by atoms with Gasteiger partial charge in [0.15, 0.2) is 0 Å². The van der Waals surface area contributed by atoms with Gasteiger partial charge in [-0.1, -0.05) is 38.1 Å². The van der Waals surface area contributed by atoms with Crippen molar-refractivity contribution in [1.29, 1.82) is 0 Å². The normalized spacial score (nSPS) is 19.2. The van der Waals surface area contributed by atoms with Gasteiger partial charge in [-0.3, -0.25) is 9.52 Å². The van der Waals surface area contributed by atoms with Crippen LogP contribution in [-0.2, 0) is 20.6 Å². The first-order chi connectivity index (χ1) is 13.9. The number of amides is 1. The highest BCUT2D eigenvalue weighted by Gasteiger charge is 2.29. The number of benzene rings is 2. The zero-order chi connectivity index (χ0) is 20.6. The summed E-state index contributed by atoms with van der Waals surface area (Å²) in [6.07, 6.45) is 3.80. The Morgan fingerprint density at radius 2 is 1.83 bits per heavy atom. The summed E-state index contributed by atoms with van der Waals surface area (Å²) in [5, 5.41) is 0. The van der Waals surface area contributed by atoms with Crippen LogP contribution in [0, 0.1) is 0 Å². The van der Waals surface area contributed by atoms with Crippen molar-refractivity contribution in [2.24, 2.45) is 0 Å². The van der Waals surface area contributed by atoms with Gasteiger partial charge in [0, 0.05) is 24.3 Å². The highest BCUT2D eigenvalue weighted by molar-refractivity contribution is 7.91. The van der Waals surface area contributed by atoms with Gasteiger partial charge in [0.25, 0.3) is 0 Å². The molecule has 4 rings (SSSR count). The Morgan fingerprint density at radius 1 is 1.10 bits per heavy atom. The van der Waals surface area contributed by atoms with Crippen molar-refractivity contribution in [2.45, 2.75) is 57.1 Å². The Balaban J connectivity index is 1.51. The van der Waals surface area contributed by atoms with Crippen LogP contribution in [0.4, 0.5) is 11.4 Å². The molecule has 29 heavy (non-hydrogen) atoms. The number of nitrogens with one attached hydrogen (secondary N) is 1. The molecule has 1 heterocycles. The van der Waals surface area contributed by atoms with E-state index in [2.05, 4.69) is 4.72 Å². The van der Waals surface area contributed by atoms with E-state index in [1.165, 1.54) is 18.4 Å². The van der Waals surface area contributed by atoms with Crippen molar-refractivity contribution in [2.75, 3.05) is 16.2 Å². The van der Waals surface area contributed by atoms with Gasteiger partial charge in [-0.25, -0.2) is 8.42 Å². The summed E-state index contributed by atoms with van der Waals surface area (Å²) in [7, 11) is -3.51. The lowest BCUT2D eigenvalue weighted by Crippen LogP contribution is -2.36. The van der Waals surface area contributed by atoms with Crippen LogP contribution in [0.2, 0.25) is 0 Å². The molecule has 0 bridgehead atoms. The van der Waals surface area contributed by atoms with Gasteiger partial charge in [-0.05, 0) is 66.0 Å². The van der Waals surface area contributed by atoms with Crippen molar-refractivity contribution in [1.82, 2.24) is 0 Å². The number of hydrogen-bond donors (Lipinski definition) is 1. The Bertz CT molecular complexity index is 1010. The second kappa shape index (κ2) is 7.82. The summed E-state index contributed by atoms with van der Waals surface area (Å²) in [4.78, 5) is 14.2. The minimum atomic E-state index is -3.51. The van der Waals surface area contributed by atoms with E-state index in [1.807, 2.05) is 55.1 Å². The van der Waals surface area contributed by atoms with E-state index >= 15 is 0 Å². The highest BCUT2D eigenvalue weighted by atomic mass is 32.2. The molecule has 0 saturated heterocycles. The number of carbonyl (C=O) groups excluding carboxylic acids is 1. The quantitative estimate of drug-likeness (QED) is 0.713. The molecule has 2 aromatic carbocycles. The third kappa shape index (κ3) is 4.47. The number of anilines is 2. The van der Waals surface area contributed by atoms with Gasteiger partial charge in [0.05, 0.1) is 5.75 Å². The van der Waals surface area contributed by atoms with Crippen LogP contribution in [0.1, 0.15) is 68.1 Å². The molecule has 1 unspecified atom stereocenters. The molecule has 2 aliphatic rings. The van der Waals surface area contributed by atoms with Gasteiger partial charge < -0.3 is 4.90 Å². The van der Waals surface area contributed by atoms with Gasteiger partial charge in [0.1, 0.15) is 0 Å². The molecule has 5 nitrogen and oxygen atoms in total. The fourth-order valence-corrected chi connectivity index (χ4v) is 5.27. The molecule has 0 aromatic heterocycles. The molecular formula is C23H28N2O3S. The number of nitrogens with zero attached hydrogens (tertiary/aromatic N) is 1. The van der Waals surface area contributed by atoms with Crippen LogP contribution in [-0.4, -0.2) is 20.9 Å². The molecule has 1 fully saturated rings. The number of hydrogen-bond acceptors (Lipinski definition) is 3. The maximum Gasteiger partial charge on any atom is 0.236 e. The van der Waals surface area contributed by atoms with E-state index < -0.39 is 10.0 Å². The summed E-state index contributed by atoms with van der Waals surface area (Å²) < 4.78 is 28.1. The van der Waals surface area contributed by atoms with E-state index in [-0.39, 0.29) is 17.6 Å². The van der Waals surface area contributed by atoms with Gasteiger partial charge >= 0.3 is 0 Å². The number of fused-ring (bicyclic) bond motifs is 1. The molecule has 2 aromatic rings. The van der Waals surface area contributed by atoms with E-state index in [9.17, 15) is 13.2 Å². The Labute approximate surface area is 173 Å². The minimum Gasteiger partial charge on any atom is -0.312 e. The van der Waals surface area contributed by atoms with Crippen LogP contribution in [0.25, 0.3) is 0 Å². The van der Waals surface area contributed by atoms with Crippen molar-refractivity contribution in [3.63, 3.8) is 0 Å². The molecule has 1 saturated carbocycles. The van der Waals surface area contributed by atoms with Crippen LogP contribution >= 0.6 is 0 Å². The third-order valence-electron chi connectivity index (χ3n) is 5.74. The zero-order valence-electron chi connectivity index (χ0n) is 17.0. The van der Waals surface area contributed by atoms with Crippen molar-refractivity contribution < 1.29 is 13.2 Å². The molecular weight excluding hydrogens is 384 g/mol. The fraction of sp³-hybridized carbons (Fsp3) is 0.435. The third-order valence-corrected chi connectivity index (χ3v) is 7.00. The fourth-order valence-electron chi connectivity index (χ4n) is 4.08. The maximum atomic E-state index is 12.7. The predicted molar refractivity (Wildman–Crippen MR) is 117 cm³/mol. The SMILES string of the molecule is CCCN1C(=O)CC(C)c2cc(NS(=O)(=O)Cc3ccc(C4CC4)cc3)ccc21. The van der Waals surface area contributed by atoms with E-state index in [0.717, 1.165) is 23.2 Å². The molecule has 1 amide bonds. The highest BCUT2D eigenvalue weighted by Crippen LogP contribution is 2.40. The smallest absolute Gasteiger partial charge is 0.236 e. The average molecular weight is 413 g/mol. The summed E-state index contributed by atoms with van der Waals surface area (Å²) in [5.41, 5.74) is 4.55. The molecule has 1 atom stereocenters. The first kappa shape index (κ1) is 20.0. The van der Waals surface area contributed by atoms with Gasteiger partial charge in [-0.2, -0.15) is 0 Å². The molecule has 6 heteroatoms. The van der Waals surface area contributed by atoms with Gasteiger partial charge in [0.2, 0.25) is 15.9 Å². The van der Waals surface area contributed by atoms with E-state index in [0.29, 0.717) is 24.6 Å². The molecule has 0 radical (unpaired) electrons. The second-order valence-electron chi connectivity index (χ2n) is 8.30. The Kier molecular flexibility index (Phi) is 5.38. The summed E-state index contributed by atoms with van der Waals surface area (Å²) in [6, 6.07) is 13.4. The predicted octanol–water partition coefficient (Wildman–Crippen LogP) is 4.76. The molecule has 0 spiro atoms. The van der Waals surface area contributed by atoms with Crippen LogP contribution in [0.3, 0.4) is 0 Å². The minimum absolute atomic E-state index is 0.0506. The second-order valence-corrected chi connectivity index (χ2v) is 10.0. The number of rotatable bonds is 7. The van der Waals surface area contributed by atoms with Crippen LogP contribution in [0.15, 0.2) is 42.5 Å². The van der Waals surface area contributed by atoms with Crippen molar-refractivity contribution in [3.05, 3.63) is 59.2 Å². The average Bonchev–Trinajstić information content (AvgIpc) is 3.50. The topological polar surface area (TPSA) is 66.5 Å². The molecule has 154 valence electrons. The first-order valence-corrected chi connectivity index (χ1v) is 12.0. The summed E-state index contributed by atoms with van der Waals surface area (Å²) >= 11 is 0. The van der Waals surface area contributed by atoms with Crippen LogP contribution in [0.5, 0.6) is 0 Å². The standard InChI is InChI=1S/C23H28N2O3S/c1-3-12-25-22-11-10-20(14-21(22)16(2)13-23(25)26)24-29(27,28)15-17-4-6-18(7-5-17)19-8-9-19/h4-7,10-11,14,16,19,24H,3,8-9,12-13,15H2,1-2H3. The summed E-state index contributed by atoms with van der Waals surface area (Å²) in [5.74, 6) is 0.820. The monoisotopic (exact) mass is 412 g/mol. The first-order valence-electron chi connectivity index (χ1n) is 10.4.